The lowest BCUT2D eigenvalue weighted by Crippen LogP contribution is -2.46. The van der Waals surface area contributed by atoms with Crippen molar-refractivity contribution in [1.29, 1.82) is 0 Å². The summed E-state index contributed by atoms with van der Waals surface area (Å²) < 4.78 is 58.3. The van der Waals surface area contributed by atoms with Gasteiger partial charge in [-0.25, -0.2) is 18.7 Å². The van der Waals surface area contributed by atoms with Crippen molar-refractivity contribution in [1.82, 2.24) is 24.9 Å². The van der Waals surface area contributed by atoms with E-state index in [4.69, 9.17) is 4.74 Å². The number of hydrogen-bond acceptors (Lipinski definition) is 7. The molecule has 3 atom stereocenters. The molecule has 0 spiro atoms. The van der Waals surface area contributed by atoms with Gasteiger partial charge in [-0.2, -0.15) is 18.3 Å². The zero-order valence-electron chi connectivity index (χ0n) is 18.3. The summed E-state index contributed by atoms with van der Waals surface area (Å²) in [6.45, 7) is 2.42. The van der Waals surface area contributed by atoms with Gasteiger partial charge in [0, 0.05) is 12.4 Å². The number of anilines is 1. The number of rotatable bonds is 5. The molecule has 1 saturated heterocycles. The Balaban J connectivity index is 1.67. The molecule has 1 aliphatic heterocycles. The van der Waals surface area contributed by atoms with Crippen molar-refractivity contribution in [2.24, 2.45) is 0 Å². The summed E-state index contributed by atoms with van der Waals surface area (Å²) in [5.74, 6) is -0.267. The molecule has 182 valence electrons. The van der Waals surface area contributed by atoms with E-state index in [9.17, 15) is 27.5 Å². The highest BCUT2D eigenvalue weighted by atomic mass is 19.4. The topological polar surface area (TPSA) is 105 Å². The SMILES string of the molecule is C[C@H](NC(=O)Oc1cnn2ccc(N3[C@@H](c4cncc(F)c4)CC[C@@]3(C)CO)nc12)C(F)(F)F. The maximum atomic E-state index is 13.8. The highest BCUT2D eigenvalue weighted by molar-refractivity contribution is 5.73. The molecule has 0 bridgehead atoms. The molecule has 13 heteroatoms. The molecule has 0 aliphatic carbocycles. The first-order valence-electron chi connectivity index (χ1n) is 10.4. The average molecular weight is 482 g/mol. The fourth-order valence-corrected chi connectivity index (χ4v) is 4.02. The van der Waals surface area contributed by atoms with E-state index in [-0.39, 0.29) is 24.0 Å². The van der Waals surface area contributed by atoms with Gasteiger partial charge < -0.3 is 20.1 Å². The van der Waals surface area contributed by atoms with Crippen LogP contribution in [0.25, 0.3) is 5.65 Å². The molecule has 0 aromatic carbocycles. The van der Waals surface area contributed by atoms with E-state index in [1.165, 1.54) is 16.8 Å². The molecular formula is C21H22F4N6O3. The Hall–Kier alpha value is -3.48. The largest absolute Gasteiger partial charge is 0.413 e. The minimum atomic E-state index is -4.63. The normalized spacial score (nSPS) is 21.6. The highest BCUT2D eigenvalue weighted by Crippen LogP contribution is 2.45. The lowest BCUT2D eigenvalue weighted by molar-refractivity contribution is -0.149. The molecule has 3 aromatic rings. The van der Waals surface area contributed by atoms with E-state index in [1.54, 1.807) is 17.6 Å². The number of pyridine rings is 1. The number of aromatic nitrogens is 4. The summed E-state index contributed by atoms with van der Waals surface area (Å²) in [5.41, 5.74) is -0.0527. The fourth-order valence-electron chi connectivity index (χ4n) is 4.02. The molecule has 9 nitrogen and oxygen atoms in total. The molecule has 3 aromatic heterocycles. The molecule has 1 aliphatic rings. The van der Waals surface area contributed by atoms with Gasteiger partial charge in [-0.15, -0.1) is 0 Å². The van der Waals surface area contributed by atoms with Gasteiger partial charge in [0.1, 0.15) is 17.7 Å². The van der Waals surface area contributed by atoms with Gasteiger partial charge in [0.25, 0.3) is 0 Å². The monoisotopic (exact) mass is 482 g/mol. The molecule has 2 N–H and O–H groups in total. The second-order valence-electron chi connectivity index (χ2n) is 8.38. The molecular weight excluding hydrogens is 460 g/mol. The molecule has 0 radical (unpaired) electrons. The number of aliphatic hydroxyl groups excluding tert-OH is 1. The number of amides is 1. The third-order valence-corrected chi connectivity index (χ3v) is 5.90. The van der Waals surface area contributed by atoms with Crippen LogP contribution >= 0.6 is 0 Å². The molecule has 4 rings (SSSR count). The maximum absolute atomic E-state index is 13.8. The van der Waals surface area contributed by atoms with E-state index >= 15 is 0 Å². The summed E-state index contributed by atoms with van der Waals surface area (Å²) in [6.07, 6.45) is 0.576. The number of halogens is 4. The summed E-state index contributed by atoms with van der Waals surface area (Å²) in [7, 11) is 0. The second-order valence-corrected chi connectivity index (χ2v) is 8.38. The molecule has 4 heterocycles. The van der Waals surface area contributed by atoms with E-state index in [0.29, 0.717) is 24.2 Å². The Bertz CT molecular complexity index is 1200. The minimum absolute atomic E-state index is 0.0793. The number of nitrogens with zero attached hydrogens (tertiary/aromatic N) is 5. The lowest BCUT2D eigenvalue weighted by Gasteiger charge is -2.38. The number of hydrogen-bond donors (Lipinski definition) is 2. The standard InChI is InChI=1S/C21H22F4N6O3/c1-12(21(23,24)25)28-19(33)34-16-10-27-30-6-4-17(29-18(16)30)31-15(3-5-20(31,2)11-32)13-7-14(22)9-26-8-13/h4,6-10,12,15,32H,3,5,11H2,1-2H3,(H,28,33)/t12-,15+,20-/m0/s1. The van der Waals surface area contributed by atoms with Crippen LogP contribution in [-0.2, 0) is 0 Å². The summed E-state index contributed by atoms with van der Waals surface area (Å²) >= 11 is 0. The van der Waals surface area contributed by atoms with E-state index in [0.717, 1.165) is 19.3 Å². The molecule has 0 saturated carbocycles. The minimum Gasteiger partial charge on any atom is -0.405 e. The van der Waals surface area contributed by atoms with Crippen molar-refractivity contribution in [3.63, 3.8) is 0 Å². The van der Waals surface area contributed by atoms with Crippen LogP contribution in [0, 0.1) is 5.82 Å². The van der Waals surface area contributed by atoms with Crippen LogP contribution in [0.1, 0.15) is 38.3 Å². The number of aliphatic hydroxyl groups is 1. The van der Waals surface area contributed by atoms with Crippen molar-refractivity contribution in [3.8, 4) is 5.75 Å². The first-order valence-corrected chi connectivity index (χ1v) is 10.4. The fraction of sp³-hybridized carbons (Fsp3) is 0.429. The molecule has 34 heavy (non-hydrogen) atoms. The maximum Gasteiger partial charge on any atom is 0.413 e. The number of carbonyl (C=O) groups is 1. The third-order valence-electron chi connectivity index (χ3n) is 5.90. The van der Waals surface area contributed by atoms with Crippen LogP contribution in [0.15, 0.2) is 36.9 Å². The van der Waals surface area contributed by atoms with E-state index in [2.05, 4.69) is 15.1 Å². The van der Waals surface area contributed by atoms with Crippen LogP contribution in [0.2, 0.25) is 0 Å². The molecule has 1 amide bonds. The van der Waals surface area contributed by atoms with Crippen molar-refractivity contribution < 1.29 is 32.2 Å². The first kappa shape index (κ1) is 23.7. The van der Waals surface area contributed by atoms with Crippen LogP contribution in [0.5, 0.6) is 5.75 Å². The zero-order valence-corrected chi connectivity index (χ0v) is 18.3. The lowest BCUT2D eigenvalue weighted by atomic mass is 10.0. The number of carbonyl (C=O) groups excluding carboxylic acids is 1. The number of alkyl halides is 3. The van der Waals surface area contributed by atoms with Gasteiger partial charge in [-0.3, -0.25) is 4.98 Å². The van der Waals surface area contributed by atoms with Gasteiger partial charge in [-0.05, 0) is 44.4 Å². The number of fused-ring (bicyclic) bond motifs is 1. The van der Waals surface area contributed by atoms with Crippen molar-refractivity contribution in [2.45, 2.75) is 50.5 Å². The Morgan fingerprint density at radius 1 is 1.38 bits per heavy atom. The van der Waals surface area contributed by atoms with Gasteiger partial charge in [0.15, 0.2) is 5.75 Å². The van der Waals surface area contributed by atoms with Crippen LogP contribution in [0.3, 0.4) is 0 Å². The van der Waals surface area contributed by atoms with Crippen molar-refractivity contribution in [3.05, 3.63) is 48.3 Å². The Labute approximate surface area is 191 Å². The van der Waals surface area contributed by atoms with Gasteiger partial charge in [0.2, 0.25) is 5.65 Å². The Kier molecular flexibility index (Phi) is 6.06. The van der Waals surface area contributed by atoms with Crippen LogP contribution < -0.4 is 15.0 Å². The molecule has 1 fully saturated rings. The Morgan fingerprint density at radius 3 is 2.82 bits per heavy atom. The second kappa shape index (κ2) is 8.70. The van der Waals surface area contributed by atoms with E-state index < -0.39 is 29.7 Å². The summed E-state index contributed by atoms with van der Waals surface area (Å²) in [5, 5.41) is 15.9. The van der Waals surface area contributed by atoms with Crippen LogP contribution in [-0.4, -0.2) is 55.1 Å². The van der Waals surface area contributed by atoms with Crippen molar-refractivity contribution >= 4 is 17.6 Å². The first-order chi connectivity index (χ1) is 16.0. The van der Waals surface area contributed by atoms with Crippen molar-refractivity contribution in [2.75, 3.05) is 11.5 Å². The number of nitrogens with one attached hydrogen (secondary N) is 1. The quantitative estimate of drug-likeness (QED) is 0.537. The zero-order chi connectivity index (χ0) is 24.7. The summed E-state index contributed by atoms with van der Waals surface area (Å²) in [4.78, 5) is 22.3. The number of ether oxygens (including phenoxy) is 1. The highest BCUT2D eigenvalue weighted by Gasteiger charge is 2.44. The van der Waals surface area contributed by atoms with Gasteiger partial charge >= 0.3 is 12.3 Å². The van der Waals surface area contributed by atoms with Gasteiger partial charge in [0.05, 0.1) is 30.6 Å². The van der Waals surface area contributed by atoms with Crippen LogP contribution in [0.4, 0.5) is 28.2 Å². The predicted molar refractivity (Wildman–Crippen MR) is 112 cm³/mol. The molecule has 0 unspecified atom stereocenters. The van der Waals surface area contributed by atoms with Gasteiger partial charge in [-0.1, -0.05) is 0 Å². The third kappa shape index (κ3) is 4.47. The smallest absolute Gasteiger partial charge is 0.405 e. The predicted octanol–water partition coefficient (Wildman–Crippen LogP) is 3.40. The average Bonchev–Trinajstić information content (AvgIpc) is 3.34. The Morgan fingerprint density at radius 2 is 2.15 bits per heavy atom. The van der Waals surface area contributed by atoms with E-state index in [1.807, 2.05) is 11.8 Å². The summed E-state index contributed by atoms with van der Waals surface area (Å²) in [6, 6.07) is 0.541.